The molecule has 0 saturated carbocycles. The molecule has 0 atom stereocenters. The largest absolute Gasteiger partial charge is 0.492 e. The van der Waals surface area contributed by atoms with Crippen molar-refractivity contribution in [2.24, 2.45) is 0 Å². The van der Waals surface area contributed by atoms with Gasteiger partial charge in [0, 0.05) is 0 Å². The minimum absolute atomic E-state index is 0.0817. The highest BCUT2D eigenvalue weighted by molar-refractivity contribution is 5.75. The minimum atomic E-state index is -0.870. The van der Waals surface area contributed by atoms with E-state index in [1.54, 1.807) is 12.1 Å². The predicted octanol–water partition coefficient (Wildman–Crippen LogP) is -0.261. The first kappa shape index (κ1) is 20.7. The van der Waals surface area contributed by atoms with Crippen LogP contribution in [0.25, 0.3) is 0 Å². The van der Waals surface area contributed by atoms with Gasteiger partial charge in [-0.1, -0.05) is 30.4 Å². The highest BCUT2D eigenvalue weighted by Crippen LogP contribution is 2.07. The molecule has 1 aromatic heterocycles. The Labute approximate surface area is 160 Å². The van der Waals surface area contributed by atoms with Crippen molar-refractivity contribution in [3.63, 3.8) is 0 Å². The molecule has 9 heteroatoms. The third kappa shape index (κ3) is 4.97. The summed E-state index contributed by atoms with van der Waals surface area (Å²) in [6.07, 6.45) is 2.72. The number of allylic oxidation sites excluding steroid dienone is 2. The normalized spacial score (nSPS) is 10.3. The lowest BCUT2D eigenvalue weighted by atomic mass is 10.3. The molecule has 0 aliphatic carbocycles. The molecule has 2 aromatic rings. The summed E-state index contributed by atoms with van der Waals surface area (Å²) >= 11 is 0. The molecule has 0 aliphatic rings. The Kier molecular flexibility index (Phi) is 7.32. The number of hydrogen-bond acceptors (Lipinski definition) is 5. The fourth-order valence-electron chi connectivity index (χ4n) is 2.46. The minimum Gasteiger partial charge on any atom is -0.492 e. The van der Waals surface area contributed by atoms with E-state index in [-0.39, 0.29) is 26.2 Å². The lowest BCUT2D eigenvalue weighted by Crippen LogP contribution is -2.55. The average Bonchev–Trinajstić information content (AvgIpc) is 2.70. The molecule has 0 fully saturated rings. The molecular formula is C19H22N4O5. The van der Waals surface area contributed by atoms with Crippen molar-refractivity contribution < 1.29 is 9.53 Å². The molecule has 2 rings (SSSR count). The number of rotatable bonds is 10. The van der Waals surface area contributed by atoms with Gasteiger partial charge >= 0.3 is 17.1 Å². The van der Waals surface area contributed by atoms with Gasteiger partial charge < -0.3 is 10.1 Å². The predicted molar refractivity (Wildman–Crippen MR) is 105 cm³/mol. The molecule has 0 unspecified atom stereocenters. The Morgan fingerprint density at radius 2 is 1.46 bits per heavy atom. The molecule has 0 bridgehead atoms. The maximum atomic E-state index is 12.4. The quantitative estimate of drug-likeness (QED) is 0.447. The molecule has 28 heavy (non-hydrogen) atoms. The Morgan fingerprint density at radius 1 is 0.929 bits per heavy atom. The number of carbonyl (C=O) groups is 1. The van der Waals surface area contributed by atoms with Crippen molar-refractivity contribution in [1.29, 1.82) is 0 Å². The van der Waals surface area contributed by atoms with Gasteiger partial charge in [-0.05, 0) is 12.1 Å². The van der Waals surface area contributed by atoms with E-state index in [9.17, 15) is 19.2 Å². The summed E-state index contributed by atoms with van der Waals surface area (Å²) in [4.78, 5) is 49.3. The average molecular weight is 386 g/mol. The number of amides is 1. The lowest BCUT2D eigenvalue weighted by Gasteiger charge is -2.12. The smallest absolute Gasteiger partial charge is 0.337 e. The first-order valence-electron chi connectivity index (χ1n) is 8.60. The van der Waals surface area contributed by atoms with E-state index >= 15 is 0 Å². The molecular weight excluding hydrogens is 364 g/mol. The fraction of sp³-hybridized carbons (Fsp3) is 0.263. The van der Waals surface area contributed by atoms with Crippen LogP contribution in [0.4, 0.5) is 0 Å². The molecule has 1 aromatic carbocycles. The molecule has 9 nitrogen and oxygen atoms in total. The van der Waals surface area contributed by atoms with Gasteiger partial charge in [0.1, 0.15) is 18.9 Å². The van der Waals surface area contributed by atoms with Gasteiger partial charge in [0.15, 0.2) is 0 Å². The first-order chi connectivity index (χ1) is 13.5. The summed E-state index contributed by atoms with van der Waals surface area (Å²) in [7, 11) is 0. The van der Waals surface area contributed by atoms with Gasteiger partial charge in [0.2, 0.25) is 5.91 Å². The van der Waals surface area contributed by atoms with E-state index in [0.717, 1.165) is 9.13 Å². The Balaban J connectivity index is 2.11. The number of nitrogens with zero attached hydrogens (tertiary/aromatic N) is 3. The SMILES string of the molecule is C=CCn1c(=O)n(CC=C)c(=O)n(CC(=O)NCCOc2ccccc2)c1=O. The van der Waals surface area contributed by atoms with Crippen LogP contribution < -0.4 is 27.1 Å². The molecule has 1 N–H and O–H groups in total. The van der Waals surface area contributed by atoms with Crippen molar-refractivity contribution in [3.05, 3.63) is 87.1 Å². The first-order valence-corrected chi connectivity index (χ1v) is 8.60. The topological polar surface area (TPSA) is 104 Å². The van der Waals surface area contributed by atoms with Crippen LogP contribution in [0.1, 0.15) is 0 Å². The van der Waals surface area contributed by atoms with Crippen LogP contribution in [0.5, 0.6) is 5.75 Å². The number of carbonyl (C=O) groups excluding carboxylic acids is 1. The summed E-state index contributed by atoms with van der Waals surface area (Å²) in [5, 5.41) is 2.57. The summed E-state index contributed by atoms with van der Waals surface area (Å²) in [6, 6.07) is 9.08. The zero-order valence-electron chi connectivity index (χ0n) is 15.4. The van der Waals surface area contributed by atoms with E-state index in [0.29, 0.717) is 10.3 Å². The number of para-hydroxylation sites is 1. The molecule has 0 radical (unpaired) electrons. The van der Waals surface area contributed by atoms with Crippen molar-refractivity contribution in [2.75, 3.05) is 13.2 Å². The van der Waals surface area contributed by atoms with E-state index in [4.69, 9.17) is 4.74 Å². The molecule has 0 spiro atoms. The second kappa shape index (κ2) is 9.91. The Hall–Kier alpha value is -3.62. The molecule has 1 amide bonds. The van der Waals surface area contributed by atoms with E-state index in [1.807, 2.05) is 18.2 Å². The van der Waals surface area contributed by atoms with Crippen LogP contribution in [-0.4, -0.2) is 32.8 Å². The monoisotopic (exact) mass is 386 g/mol. The summed E-state index contributed by atoms with van der Waals surface area (Å²) in [6.45, 7) is 6.72. The van der Waals surface area contributed by atoms with Crippen molar-refractivity contribution >= 4 is 5.91 Å². The van der Waals surface area contributed by atoms with Gasteiger partial charge in [0.05, 0.1) is 19.6 Å². The molecule has 0 aliphatic heterocycles. The zero-order valence-corrected chi connectivity index (χ0v) is 15.4. The lowest BCUT2D eigenvalue weighted by molar-refractivity contribution is -0.121. The van der Waals surface area contributed by atoms with Crippen LogP contribution in [-0.2, 0) is 24.4 Å². The van der Waals surface area contributed by atoms with Crippen LogP contribution in [0, 0.1) is 0 Å². The number of hydrogen-bond donors (Lipinski definition) is 1. The molecule has 0 saturated heterocycles. The third-order valence-corrected chi connectivity index (χ3v) is 3.75. The van der Waals surface area contributed by atoms with Crippen molar-refractivity contribution in [1.82, 2.24) is 19.0 Å². The summed E-state index contributed by atoms with van der Waals surface area (Å²) < 4.78 is 7.84. The van der Waals surface area contributed by atoms with E-state index in [1.165, 1.54) is 12.2 Å². The second-order valence-corrected chi connectivity index (χ2v) is 5.74. The van der Waals surface area contributed by atoms with Gasteiger partial charge in [-0.15, -0.1) is 13.2 Å². The number of ether oxygens (including phenoxy) is 1. The highest BCUT2D eigenvalue weighted by Gasteiger charge is 2.16. The number of nitrogens with one attached hydrogen (secondary N) is 1. The van der Waals surface area contributed by atoms with E-state index < -0.39 is 29.5 Å². The third-order valence-electron chi connectivity index (χ3n) is 3.75. The van der Waals surface area contributed by atoms with Gasteiger partial charge in [0.25, 0.3) is 0 Å². The van der Waals surface area contributed by atoms with Crippen molar-refractivity contribution in [3.8, 4) is 5.75 Å². The Morgan fingerprint density at radius 3 is 2.00 bits per heavy atom. The Bertz CT molecular complexity index is 969. The molecule has 148 valence electrons. The second-order valence-electron chi connectivity index (χ2n) is 5.74. The summed E-state index contributed by atoms with van der Waals surface area (Å²) in [5.41, 5.74) is -2.51. The summed E-state index contributed by atoms with van der Waals surface area (Å²) in [5.74, 6) is 0.113. The highest BCUT2D eigenvalue weighted by atomic mass is 16.5. The van der Waals surface area contributed by atoms with Crippen molar-refractivity contribution in [2.45, 2.75) is 19.6 Å². The van der Waals surface area contributed by atoms with Gasteiger partial charge in [-0.3, -0.25) is 4.79 Å². The van der Waals surface area contributed by atoms with Gasteiger partial charge in [-0.25, -0.2) is 28.1 Å². The van der Waals surface area contributed by atoms with Crippen LogP contribution in [0.3, 0.4) is 0 Å². The van der Waals surface area contributed by atoms with Crippen LogP contribution >= 0.6 is 0 Å². The number of benzene rings is 1. The standard InChI is InChI=1S/C19H22N4O5/c1-3-11-21-17(25)22(12-4-2)19(27)23(18(21)26)14-16(24)20-10-13-28-15-8-6-5-7-9-15/h3-9H,1-2,10-14H2,(H,20,24). The van der Waals surface area contributed by atoms with Gasteiger partial charge in [-0.2, -0.15) is 0 Å². The fourth-order valence-corrected chi connectivity index (χ4v) is 2.46. The zero-order chi connectivity index (χ0) is 20.5. The van der Waals surface area contributed by atoms with Crippen LogP contribution in [0.15, 0.2) is 70.0 Å². The van der Waals surface area contributed by atoms with E-state index in [2.05, 4.69) is 18.5 Å². The maximum Gasteiger partial charge on any atom is 0.337 e. The molecule has 1 heterocycles. The maximum absolute atomic E-state index is 12.4. The number of aromatic nitrogens is 3. The van der Waals surface area contributed by atoms with Crippen LogP contribution in [0.2, 0.25) is 0 Å².